The normalized spacial score (nSPS) is 14.7. The molecule has 18 heavy (non-hydrogen) atoms. The molecule has 94 valence electrons. The van der Waals surface area contributed by atoms with Gasteiger partial charge in [0, 0.05) is 19.6 Å². The van der Waals surface area contributed by atoms with Crippen LogP contribution < -0.4 is 4.90 Å². The third-order valence-corrected chi connectivity index (χ3v) is 3.49. The van der Waals surface area contributed by atoms with E-state index in [1.165, 1.54) is 18.4 Å². The quantitative estimate of drug-likeness (QED) is 0.859. The summed E-state index contributed by atoms with van der Waals surface area (Å²) in [6, 6.07) is 10.9. The smallest absolute Gasteiger partial charge is 0.226 e. The second-order valence-corrected chi connectivity index (χ2v) is 5.16. The second-order valence-electron chi connectivity index (χ2n) is 4.77. The Hall–Kier alpha value is -1.62. The highest BCUT2D eigenvalue weighted by Crippen LogP contribution is 2.37. The molecule has 1 fully saturated rings. The Morgan fingerprint density at radius 1 is 1.39 bits per heavy atom. The maximum Gasteiger partial charge on any atom is 0.226 e. The van der Waals surface area contributed by atoms with E-state index >= 15 is 0 Å². The SMILES string of the molecule is CN(Cc1ccccc1)c1n[nH]c(=S)n1C1CC1. The Balaban J connectivity index is 1.84. The molecule has 1 aliphatic carbocycles. The molecule has 4 nitrogen and oxygen atoms in total. The van der Waals surface area contributed by atoms with Gasteiger partial charge in [-0.3, -0.25) is 4.57 Å². The summed E-state index contributed by atoms with van der Waals surface area (Å²) >= 11 is 5.29. The first kappa shape index (κ1) is 11.5. The van der Waals surface area contributed by atoms with Crippen molar-refractivity contribution >= 4 is 18.2 Å². The molecule has 1 aromatic carbocycles. The molecule has 0 radical (unpaired) electrons. The number of aromatic nitrogens is 3. The van der Waals surface area contributed by atoms with Crippen LogP contribution in [0.4, 0.5) is 5.95 Å². The van der Waals surface area contributed by atoms with Gasteiger partial charge < -0.3 is 4.90 Å². The molecule has 1 N–H and O–H groups in total. The zero-order valence-corrected chi connectivity index (χ0v) is 11.2. The zero-order valence-electron chi connectivity index (χ0n) is 10.3. The lowest BCUT2D eigenvalue weighted by atomic mass is 10.2. The molecule has 0 amide bonds. The van der Waals surface area contributed by atoms with E-state index in [-0.39, 0.29) is 0 Å². The van der Waals surface area contributed by atoms with Gasteiger partial charge in [-0.15, -0.1) is 5.10 Å². The highest BCUT2D eigenvalue weighted by Gasteiger charge is 2.28. The van der Waals surface area contributed by atoms with Gasteiger partial charge in [0.25, 0.3) is 0 Å². The lowest BCUT2D eigenvalue weighted by molar-refractivity contribution is 0.700. The van der Waals surface area contributed by atoms with Gasteiger partial charge in [0.05, 0.1) is 0 Å². The van der Waals surface area contributed by atoms with Crippen LogP contribution in [0.1, 0.15) is 24.4 Å². The number of aromatic amines is 1. The summed E-state index contributed by atoms with van der Waals surface area (Å²) in [5.41, 5.74) is 1.27. The van der Waals surface area contributed by atoms with Crippen LogP contribution in [0.3, 0.4) is 0 Å². The van der Waals surface area contributed by atoms with Gasteiger partial charge in [-0.1, -0.05) is 30.3 Å². The van der Waals surface area contributed by atoms with E-state index in [1.54, 1.807) is 0 Å². The van der Waals surface area contributed by atoms with Crippen molar-refractivity contribution in [1.82, 2.24) is 14.8 Å². The number of nitrogens with one attached hydrogen (secondary N) is 1. The average Bonchev–Trinajstić information content (AvgIpc) is 3.13. The van der Waals surface area contributed by atoms with Crippen LogP contribution in [-0.2, 0) is 6.54 Å². The van der Waals surface area contributed by atoms with Crippen molar-refractivity contribution < 1.29 is 0 Å². The van der Waals surface area contributed by atoms with Crippen LogP contribution in [0, 0.1) is 4.77 Å². The number of H-pyrrole nitrogens is 1. The first-order chi connectivity index (χ1) is 8.75. The van der Waals surface area contributed by atoms with Crippen molar-refractivity contribution in [3.05, 3.63) is 40.7 Å². The van der Waals surface area contributed by atoms with Crippen LogP contribution >= 0.6 is 12.2 Å². The van der Waals surface area contributed by atoms with Gasteiger partial charge in [-0.05, 0) is 30.6 Å². The van der Waals surface area contributed by atoms with Crippen molar-refractivity contribution in [3.8, 4) is 0 Å². The van der Waals surface area contributed by atoms with Crippen LogP contribution in [-0.4, -0.2) is 21.8 Å². The molecule has 1 saturated carbocycles. The van der Waals surface area contributed by atoms with Crippen molar-refractivity contribution in [2.24, 2.45) is 0 Å². The van der Waals surface area contributed by atoms with Crippen molar-refractivity contribution in [3.63, 3.8) is 0 Å². The molecule has 0 saturated heterocycles. The third kappa shape index (κ3) is 2.18. The lowest BCUT2D eigenvalue weighted by Crippen LogP contribution is -2.20. The van der Waals surface area contributed by atoms with Crippen molar-refractivity contribution in [2.45, 2.75) is 25.4 Å². The summed E-state index contributed by atoms with van der Waals surface area (Å²) in [6.45, 7) is 0.840. The molecule has 0 unspecified atom stereocenters. The maximum atomic E-state index is 5.29. The average molecular weight is 260 g/mol. The number of rotatable bonds is 4. The van der Waals surface area contributed by atoms with Gasteiger partial charge in [-0.2, -0.15) is 0 Å². The van der Waals surface area contributed by atoms with E-state index < -0.39 is 0 Å². The molecule has 0 spiro atoms. The third-order valence-electron chi connectivity index (χ3n) is 3.20. The van der Waals surface area contributed by atoms with Gasteiger partial charge in [-0.25, -0.2) is 5.10 Å². The van der Waals surface area contributed by atoms with E-state index in [9.17, 15) is 0 Å². The minimum Gasteiger partial charge on any atom is -0.340 e. The van der Waals surface area contributed by atoms with E-state index in [4.69, 9.17) is 12.2 Å². The molecule has 0 atom stereocenters. The Morgan fingerprint density at radius 3 is 2.78 bits per heavy atom. The summed E-state index contributed by atoms with van der Waals surface area (Å²) in [6.07, 6.45) is 2.42. The van der Waals surface area contributed by atoms with Gasteiger partial charge >= 0.3 is 0 Å². The fourth-order valence-electron chi connectivity index (χ4n) is 2.16. The molecular weight excluding hydrogens is 244 g/mol. The fraction of sp³-hybridized carbons (Fsp3) is 0.385. The van der Waals surface area contributed by atoms with Crippen LogP contribution in [0.25, 0.3) is 0 Å². The Bertz CT molecular complexity index is 583. The number of benzene rings is 1. The predicted molar refractivity (Wildman–Crippen MR) is 74.2 cm³/mol. The monoisotopic (exact) mass is 260 g/mol. The van der Waals surface area contributed by atoms with Crippen molar-refractivity contribution in [1.29, 1.82) is 0 Å². The maximum absolute atomic E-state index is 5.29. The zero-order chi connectivity index (χ0) is 12.5. The van der Waals surface area contributed by atoms with E-state index in [2.05, 4.69) is 51.0 Å². The summed E-state index contributed by atoms with van der Waals surface area (Å²) in [5.74, 6) is 0.936. The fourth-order valence-corrected chi connectivity index (χ4v) is 2.43. The van der Waals surface area contributed by atoms with Gasteiger partial charge in [0.15, 0.2) is 4.77 Å². The largest absolute Gasteiger partial charge is 0.340 e. The Kier molecular flexibility index (Phi) is 2.91. The predicted octanol–water partition coefficient (Wildman–Crippen LogP) is 2.91. The molecule has 1 aliphatic rings. The minimum absolute atomic E-state index is 0.546. The Labute approximate surface area is 111 Å². The number of anilines is 1. The molecule has 0 aliphatic heterocycles. The summed E-state index contributed by atoms with van der Waals surface area (Å²) < 4.78 is 2.87. The summed E-state index contributed by atoms with van der Waals surface area (Å²) in [7, 11) is 2.05. The number of nitrogens with zero attached hydrogens (tertiary/aromatic N) is 3. The van der Waals surface area contributed by atoms with E-state index in [0.29, 0.717) is 6.04 Å². The molecule has 5 heteroatoms. The number of hydrogen-bond acceptors (Lipinski definition) is 3. The lowest BCUT2D eigenvalue weighted by Gasteiger charge is -2.18. The molecule has 1 aromatic heterocycles. The van der Waals surface area contributed by atoms with Crippen LogP contribution in [0.2, 0.25) is 0 Å². The minimum atomic E-state index is 0.546. The standard InChI is InChI=1S/C13H16N4S/c1-16(9-10-5-3-2-4-6-10)12-14-15-13(18)17(12)11-7-8-11/h2-6,11H,7-9H2,1H3,(H,15,18). The first-order valence-electron chi connectivity index (χ1n) is 6.17. The number of hydrogen-bond donors (Lipinski definition) is 1. The van der Waals surface area contributed by atoms with Gasteiger partial charge in [0.1, 0.15) is 0 Å². The summed E-state index contributed by atoms with van der Waals surface area (Å²) in [4.78, 5) is 2.14. The topological polar surface area (TPSA) is 36.9 Å². The highest BCUT2D eigenvalue weighted by atomic mass is 32.1. The molecule has 2 aromatic rings. The molecule has 3 rings (SSSR count). The second kappa shape index (κ2) is 4.57. The van der Waals surface area contributed by atoms with E-state index in [1.807, 2.05) is 6.07 Å². The summed E-state index contributed by atoms with van der Waals surface area (Å²) in [5, 5.41) is 7.24. The van der Waals surface area contributed by atoms with Crippen LogP contribution in [0.5, 0.6) is 0 Å². The van der Waals surface area contributed by atoms with Crippen LogP contribution in [0.15, 0.2) is 30.3 Å². The van der Waals surface area contributed by atoms with E-state index in [0.717, 1.165) is 17.3 Å². The molecule has 1 heterocycles. The molecular formula is C13H16N4S. The first-order valence-corrected chi connectivity index (χ1v) is 6.58. The van der Waals surface area contributed by atoms with Gasteiger partial charge in [0.2, 0.25) is 5.95 Å². The molecule has 0 bridgehead atoms. The highest BCUT2D eigenvalue weighted by molar-refractivity contribution is 7.71. The van der Waals surface area contributed by atoms with Crippen molar-refractivity contribution in [2.75, 3.05) is 11.9 Å². The Morgan fingerprint density at radius 2 is 2.11 bits per heavy atom.